The topological polar surface area (TPSA) is 83.0 Å². The van der Waals surface area contributed by atoms with Gasteiger partial charge in [-0.15, -0.1) is 0 Å². The molecule has 0 aromatic carbocycles. The Morgan fingerprint density at radius 2 is 2.25 bits per heavy atom. The lowest BCUT2D eigenvalue weighted by atomic mass is 9.78. The largest absolute Gasteiger partial charge is 0.477 e. The summed E-state index contributed by atoms with van der Waals surface area (Å²) in [7, 11) is 1.64. The molecule has 1 spiro atoms. The fourth-order valence-corrected chi connectivity index (χ4v) is 3.77. The van der Waals surface area contributed by atoms with Gasteiger partial charge in [0.2, 0.25) is 5.91 Å². The van der Waals surface area contributed by atoms with E-state index in [-0.39, 0.29) is 17.0 Å². The van der Waals surface area contributed by atoms with Crippen molar-refractivity contribution in [3.63, 3.8) is 0 Å². The van der Waals surface area contributed by atoms with Gasteiger partial charge in [-0.1, -0.05) is 0 Å². The molecule has 2 fully saturated rings. The highest BCUT2D eigenvalue weighted by Crippen LogP contribution is 2.41. The molecule has 0 radical (unpaired) electrons. The maximum atomic E-state index is 12.9. The van der Waals surface area contributed by atoms with Gasteiger partial charge >= 0.3 is 5.97 Å². The van der Waals surface area contributed by atoms with Gasteiger partial charge in [0.1, 0.15) is 5.69 Å². The standard InChI is InChI=1S/C17H23N3O4/c1-24-10-9-19-7-2-4-17(16(19)23)5-8-20(12-17)13-3-6-18-14(11-13)15(21)22/h3,6,11H,2,4-5,7-10,12H2,1H3,(H,21,22)/t17-/m0/s1. The summed E-state index contributed by atoms with van der Waals surface area (Å²) in [6.45, 7) is 3.38. The van der Waals surface area contributed by atoms with Crippen molar-refractivity contribution >= 4 is 17.6 Å². The summed E-state index contributed by atoms with van der Waals surface area (Å²) in [4.78, 5) is 31.9. The molecule has 1 N–H and O–H groups in total. The van der Waals surface area contributed by atoms with Gasteiger partial charge in [0.15, 0.2) is 0 Å². The zero-order valence-corrected chi connectivity index (χ0v) is 13.9. The number of rotatable bonds is 5. The number of carboxylic acids is 1. The lowest BCUT2D eigenvalue weighted by molar-refractivity contribution is -0.145. The second kappa shape index (κ2) is 6.76. The molecule has 1 amide bonds. The average molecular weight is 333 g/mol. The van der Waals surface area contributed by atoms with E-state index < -0.39 is 5.97 Å². The van der Waals surface area contributed by atoms with Crippen LogP contribution < -0.4 is 4.90 Å². The molecule has 0 bridgehead atoms. The minimum atomic E-state index is -1.04. The number of aromatic carboxylic acids is 1. The van der Waals surface area contributed by atoms with E-state index in [0.29, 0.717) is 19.7 Å². The van der Waals surface area contributed by atoms with Crippen LogP contribution in [0.5, 0.6) is 0 Å². The number of carbonyl (C=O) groups excluding carboxylic acids is 1. The molecular formula is C17H23N3O4. The number of carboxylic acid groups (broad SMARTS) is 1. The Morgan fingerprint density at radius 1 is 1.42 bits per heavy atom. The highest BCUT2D eigenvalue weighted by molar-refractivity contribution is 5.87. The molecule has 1 aromatic rings. The summed E-state index contributed by atoms with van der Waals surface area (Å²) < 4.78 is 5.10. The van der Waals surface area contributed by atoms with Gasteiger partial charge in [-0.05, 0) is 31.4 Å². The molecule has 24 heavy (non-hydrogen) atoms. The van der Waals surface area contributed by atoms with E-state index >= 15 is 0 Å². The predicted molar refractivity (Wildman–Crippen MR) is 88.1 cm³/mol. The van der Waals surface area contributed by atoms with E-state index in [2.05, 4.69) is 9.88 Å². The minimum absolute atomic E-state index is 0.0325. The van der Waals surface area contributed by atoms with E-state index in [4.69, 9.17) is 9.84 Å². The number of amides is 1. The van der Waals surface area contributed by atoms with Gasteiger partial charge in [0.25, 0.3) is 0 Å². The van der Waals surface area contributed by atoms with Gasteiger partial charge in [0.05, 0.1) is 12.0 Å². The maximum Gasteiger partial charge on any atom is 0.354 e. The summed E-state index contributed by atoms with van der Waals surface area (Å²) in [5, 5.41) is 9.10. The van der Waals surface area contributed by atoms with Gasteiger partial charge in [-0.2, -0.15) is 0 Å². The fraction of sp³-hybridized carbons (Fsp3) is 0.588. The Hall–Kier alpha value is -2.15. The predicted octanol–water partition coefficient (Wildman–Crippen LogP) is 1.25. The number of hydrogen-bond acceptors (Lipinski definition) is 5. The molecule has 3 rings (SSSR count). The zero-order valence-electron chi connectivity index (χ0n) is 13.9. The van der Waals surface area contributed by atoms with Crippen molar-refractivity contribution < 1.29 is 19.4 Å². The van der Waals surface area contributed by atoms with E-state index in [0.717, 1.165) is 38.0 Å². The van der Waals surface area contributed by atoms with Crippen LogP contribution in [0.2, 0.25) is 0 Å². The Kier molecular flexibility index (Phi) is 4.71. The minimum Gasteiger partial charge on any atom is -0.477 e. The zero-order chi connectivity index (χ0) is 17.2. The highest BCUT2D eigenvalue weighted by atomic mass is 16.5. The number of piperidine rings is 1. The fourth-order valence-electron chi connectivity index (χ4n) is 3.77. The number of aromatic nitrogens is 1. The number of pyridine rings is 1. The number of methoxy groups -OCH3 is 1. The number of ether oxygens (including phenoxy) is 1. The number of carbonyl (C=O) groups is 2. The third-order valence-electron chi connectivity index (χ3n) is 5.07. The van der Waals surface area contributed by atoms with Crippen molar-refractivity contribution in [3.05, 3.63) is 24.0 Å². The average Bonchev–Trinajstić information content (AvgIpc) is 3.02. The lowest BCUT2D eigenvalue weighted by Gasteiger charge is -2.39. The van der Waals surface area contributed by atoms with Crippen LogP contribution >= 0.6 is 0 Å². The molecule has 0 unspecified atom stereocenters. The van der Waals surface area contributed by atoms with E-state index in [1.54, 1.807) is 19.2 Å². The molecule has 130 valence electrons. The Bertz CT molecular complexity index is 636. The first-order chi connectivity index (χ1) is 11.6. The summed E-state index contributed by atoms with van der Waals surface area (Å²) in [5.41, 5.74) is 0.504. The van der Waals surface area contributed by atoms with Crippen LogP contribution in [-0.4, -0.2) is 66.8 Å². The van der Waals surface area contributed by atoms with E-state index in [1.807, 2.05) is 4.90 Å². The quantitative estimate of drug-likeness (QED) is 0.873. The molecule has 1 atom stereocenters. The molecule has 7 nitrogen and oxygen atoms in total. The molecular weight excluding hydrogens is 310 g/mol. The number of anilines is 1. The van der Waals surface area contributed by atoms with Gasteiger partial charge in [-0.25, -0.2) is 9.78 Å². The van der Waals surface area contributed by atoms with Crippen molar-refractivity contribution in [3.8, 4) is 0 Å². The second-order valence-electron chi connectivity index (χ2n) is 6.54. The van der Waals surface area contributed by atoms with Crippen LogP contribution in [-0.2, 0) is 9.53 Å². The Balaban J connectivity index is 1.75. The molecule has 2 aliphatic heterocycles. The van der Waals surface area contributed by atoms with Gasteiger partial charge < -0.3 is 19.6 Å². The summed E-state index contributed by atoms with van der Waals surface area (Å²) in [6, 6.07) is 3.39. The third-order valence-corrected chi connectivity index (χ3v) is 5.07. The first-order valence-corrected chi connectivity index (χ1v) is 8.28. The van der Waals surface area contributed by atoms with E-state index in [1.165, 1.54) is 6.20 Å². The van der Waals surface area contributed by atoms with Crippen molar-refractivity contribution in [2.45, 2.75) is 19.3 Å². The van der Waals surface area contributed by atoms with Crippen LogP contribution in [0.1, 0.15) is 29.8 Å². The summed E-state index contributed by atoms with van der Waals surface area (Å²) >= 11 is 0. The monoisotopic (exact) mass is 333 g/mol. The van der Waals surface area contributed by atoms with Crippen molar-refractivity contribution in [2.75, 3.05) is 44.8 Å². The van der Waals surface area contributed by atoms with Crippen LogP contribution in [0.4, 0.5) is 5.69 Å². The normalized spacial score (nSPS) is 24.0. The third kappa shape index (κ3) is 3.08. The molecule has 0 aliphatic carbocycles. The Labute approximate surface area is 141 Å². The van der Waals surface area contributed by atoms with Crippen molar-refractivity contribution in [2.24, 2.45) is 5.41 Å². The molecule has 7 heteroatoms. The van der Waals surface area contributed by atoms with Crippen LogP contribution in [0.25, 0.3) is 0 Å². The van der Waals surface area contributed by atoms with Gasteiger partial charge in [0, 0.05) is 45.2 Å². The summed E-state index contributed by atoms with van der Waals surface area (Å²) in [6.07, 6.45) is 4.21. The molecule has 2 saturated heterocycles. The summed E-state index contributed by atoms with van der Waals surface area (Å²) in [5.74, 6) is -0.828. The number of hydrogen-bond donors (Lipinski definition) is 1. The highest BCUT2D eigenvalue weighted by Gasteiger charge is 2.48. The van der Waals surface area contributed by atoms with E-state index in [9.17, 15) is 9.59 Å². The van der Waals surface area contributed by atoms with Crippen molar-refractivity contribution in [1.29, 1.82) is 0 Å². The first-order valence-electron chi connectivity index (χ1n) is 8.28. The smallest absolute Gasteiger partial charge is 0.354 e. The molecule has 3 heterocycles. The Morgan fingerprint density at radius 3 is 3.00 bits per heavy atom. The molecule has 1 aromatic heterocycles. The van der Waals surface area contributed by atoms with Crippen LogP contribution in [0.3, 0.4) is 0 Å². The number of likely N-dealkylation sites (tertiary alicyclic amines) is 1. The first kappa shape index (κ1) is 16.7. The lowest BCUT2D eigenvalue weighted by Crippen LogP contribution is -2.50. The maximum absolute atomic E-state index is 12.9. The van der Waals surface area contributed by atoms with Gasteiger partial charge in [-0.3, -0.25) is 4.79 Å². The van der Waals surface area contributed by atoms with Crippen molar-refractivity contribution in [1.82, 2.24) is 9.88 Å². The second-order valence-corrected chi connectivity index (χ2v) is 6.54. The SMILES string of the molecule is COCCN1CCC[C@@]2(CCN(c3ccnc(C(=O)O)c3)C2)C1=O. The molecule has 0 saturated carbocycles. The number of nitrogens with zero attached hydrogens (tertiary/aromatic N) is 3. The molecule has 2 aliphatic rings. The van der Waals surface area contributed by atoms with Crippen LogP contribution in [0.15, 0.2) is 18.3 Å². The van der Waals surface area contributed by atoms with Crippen LogP contribution in [0, 0.1) is 5.41 Å².